The molecule has 36 heavy (non-hydrogen) atoms. The van der Waals surface area contributed by atoms with E-state index in [1.165, 1.54) is 17.8 Å². The van der Waals surface area contributed by atoms with Gasteiger partial charge in [-0.2, -0.15) is 0 Å². The maximum absolute atomic E-state index is 13.0. The molecule has 2 amide bonds. The van der Waals surface area contributed by atoms with Crippen LogP contribution in [0.1, 0.15) is 41.6 Å². The second-order valence-corrected chi connectivity index (χ2v) is 10.6. The third-order valence-electron chi connectivity index (χ3n) is 5.27. The summed E-state index contributed by atoms with van der Waals surface area (Å²) in [7, 11) is 0. The molecule has 0 fully saturated rings. The second-order valence-electron chi connectivity index (χ2n) is 8.36. The largest absolute Gasteiger partial charge is 0.342 e. The van der Waals surface area contributed by atoms with Crippen molar-refractivity contribution in [3.05, 3.63) is 81.1 Å². The van der Waals surface area contributed by atoms with Gasteiger partial charge in [-0.05, 0) is 48.7 Å². The molecule has 0 bridgehead atoms. The van der Waals surface area contributed by atoms with Crippen LogP contribution in [0.25, 0.3) is 0 Å². The number of nitrogens with one attached hydrogen (secondary N) is 2. The van der Waals surface area contributed by atoms with Crippen molar-refractivity contribution in [3.8, 4) is 0 Å². The van der Waals surface area contributed by atoms with E-state index in [1.807, 2.05) is 31.4 Å². The SMILES string of the molecule is C=CCn1c(SCC(=O)Nc2cc(Cl)ccc2C)nnc1[C@H](NC(=O)c1ccc(Cl)cc1Cl)C(C)C. The van der Waals surface area contributed by atoms with Crippen molar-refractivity contribution in [1.29, 1.82) is 0 Å². The molecule has 1 aromatic heterocycles. The van der Waals surface area contributed by atoms with Crippen LogP contribution in [0.3, 0.4) is 0 Å². The number of nitrogens with zero attached hydrogens (tertiary/aromatic N) is 3. The van der Waals surface area contributed by atoms with Crippen molar-refractivity contribution in [2.45, 2.75) is 38.5 Å². The van der Waals surface area contributed by atoms with Crippen molar-refractivity contribution >= 4 is 64.1 Å². The molecule has 0 radical (unpaired) electrons. The highest BCUT2D eigenvalue weighted by atomic mass is 35.5. The molecule has 3 rings (SSSR count). The lowest BCUT2D eigenvalue weighted by Gasteiger charge is -2.23. The van der Waals surface area contributed by atoms with Crippen molar-refractivity contribution in [3.63, 3.8) is 0 Å². The van der Waals surface area contributed by atoms with Crippen LogP contribution in [-0.4, -0.2) is 32.3 Å². The summed E-state index contributed by atoms with van der Waals surface area (Å²) >= 11 is 19.5. The standard InChI is InChI=1S/C25H26Cl3N5O2S/c1-5-10-33-23(22(14(2)3)30-24(35)18-9-8-16(26)11-19(18)28)31-32-25(33)36-13-21(34)29-20-12-17(27)7-6-15(20)4/h5-9,11-12,14,22H,1,10,13H2,2-4H3,(H,29,34)(H,30,35)/t22-/m1/s1. The third kappa shape index (κ3) is 7.03. The molecule has 0 unspecified atom stereocenters. The highest BCUT2D eigenvalue weighted by Crippen LogP contribution is 2.28. The first-order chi connectivity index (χ1) is 17.1. The van der Waals surface area contributed by atoms with Gasteiger partial charge in [-0.25, -0.2) is 0 Å². The smallest absolute Gasteiger partial charge is 0.253 e. The van der Waals surface area contributed by atoms with E-state index < -0.39 is 6.04 Å². The topological polar surface area (TPSA) is 88.9 Å². The fourth-order valence-corrected chi connectivity index (χ4v) is 4.83. The minimum absolute atomic E-state index is 0.0141. The molecule has 7 nitrogen and oxygen atoms in total. The van der Waals surface area contributed by atoms with Crippen molar-refractivity contribution in [1.82, 2.24) is 20.1 Å². The number of anilines is 1. The van der Waals surface area contributed by atoms with Crippen LogP contribution in [0, 0.1) is 12.8 Å². The first kappa shape index (κ1) is 28.1. The Morgan fingerprint density at radius 1 is 1.11 bits per heavy atom. The Hall–Kier alpha value is -2.52. The van der Waals surface area contributed by atoms with Crippen LogP contribution in [0.2, 0.25) is 15.1 Å². The molecule has 0 saturated carbocycles. The number of amides is 2. The Balaban J connectivity index is 1.78. The van der Waals surface area contributed by atoms with Crippen LogP contribution < -0.4 is 10.6 Å². The van der Waals surface area contributed by atoms with Gasteiger partial charge >= 0.3 is 0 Å². The minimum atomic E-state index is -0.464. The molecule has 2 aromatic carbocycles. The predicted octanol–water partition coefficient (Wildman–Crippen LogP) is 6.59. The lowest BCUT2D eigenvalue weighted by Crippen LogP contribution is -2.34. The summed E-state index contributed by atoms with van der Waals surface area (Å²) in [6.45, 7) is 10.1. The van der Waals surface area contributed by atoms with Gasteiger partial charge in [0.25, 0.3) is 5.91 Å². The lowest BCUT2D eigenvalue weighted by atomic mass is 10.0. The molecule has 11 heteroatoms. The molecule has 0 aliphatic carbocycles. The molecule has 0 aliphatic rings. The molecule has 0 aliphatic heterocycles. The van der Waals surface area contributed by atoms with Gasteiger partial charge < -0.3 is 15.2 Å². The van der Waals surface area contributed by atoms with E-state index in [0.717, 1.165) is 5.56 Å². The number of thioether (sulfide) groups is 1. The molecule has 0 spiro atoms. The predicted molar refractivity (Wildman–Crippen MR) is 147 cm³/mol. The van der Waals surface area contributed by atoms with E-state index in [9.17, 15) is 9.59 Å². The summed E-state index contributed by atoms with van der Waals surface area (Å²) in [4.78, 5) is 25.6. The highest BCUT2D eigenvalue weighted by molar-refractivity contribution is 7.99. The fourth-order valence-electron chi connectivity index (χ4n) is 3.40. The first-order valence-electron chi connectivity index (χ1n) is 11.1. The maximum Gasteiger partial charge on any atom is 0.253 e. The van der Waals surface area contributed by atoms with Crippen LogP contribution in [0.15, 0.2) is 54.2 Å². The Bertz CT molecular complexity index is 1280. The first-order valence-corrected chi connectivity index (χ1v) is 13.2. The van der Waals surface area contributed by atoms with Crippen molar-refractivity contribution < 1.29 is 9.59 Å². The number of hydrogen-bond acceptors (Lipinski definition) is 5. The molecular formula is C25H26Cl3N5O2S. The van der Waals surface area contributed by atoms with E-state index in [4.69, 9.17) is 34.8 Å². The Morgan fingerprint density at radius 3 is 2.47 bits per heavy atom. The summed E-state index contributed by atoms with van der Waals surface area (Å²) in [5, 5.41) is 16.3. The number of aromatic nitrogens is 3. The highest BCUT2D eigenvalue weighted by Gasteiger charge is 2.27. The average molecular weight is 567 g/mol. The summed E-state index contributed by atoms with van der Waals surface area (Å²) in [5.74, 6) is 0.0946. The van der Waals surface area contributed by atoms with E-state index in [2.05, 4.69) is 27.4 Å². The van der Waals surface area contributed by atoms with E-state index in [0.29, 0.717) is 38.8 Å². The molecule has 190 valence electrons. The van der Waals surface area contributed by atoms with Crippen LogP contribution in [-0.2, 0) is 11.3 Å². The van der Waals surface area contributed by atoms with E-state index in [1.54, 1.807) is 30.3 Å². The van der Waals surface area contributed by atoms with Gasteiger partial charge in [0.1, 0.15) is 0 Å². The van der Waals surface area contributed by atoms with Gasteiger partial charge in [0.05, 0.1) is 22.4 Å². The van der Waals surface area contributed by atoms with Crippen molar-refractivity contribution in [2.24, 2.45) is 5.92 Å². The number of aryl methyl sites for hydroxylation is 1. The van der Waals surface area contributed by atoms with Gasteiger partial charge in [-0.3, -0.25) is 9.59 Å². The summed E-state index contributed by atoms with van der Waals surface area (Å²) in [6, 6.07) is 9.56. The number of benzene rings is 2. The van der Waals surface area contributed by atoms with Gasteiger partial charge in [0, 0.05) is 22.3 Å². The molecular weight excluding hydrogens is 541 g/mol. The average Bonchev–Trinajstić information content (AvgIpc) is 3.20. The van der Waals surface area contributed by atoms with Gasteiger partial charge in [-0.15, -0.1) is 16.8 Å². The lowest BCUT2D eigenvalue weighted by molar-refractivity contribution is -0.113. The Labute approximate surface area is 229 Å². The third-order valence-corrected chi connectivity index (χ3v) is 7.02. The zero-order valence-corrected chi connectivity index (χ0v) is 23.1. The minimum Gasteiger partial charge on any atom is -0.342 e. The Kier molecular flexibility index (Phi) is 9.84. The van der Waals surface area contributed by atoms with Crippen LogP contribution in [0.5, 0.6) is 0 Å². The summed E-state index contributed by atoms with van der Waals surface area (Å²) in [5.41, 5.74) is 1.88. The summed E-state index contributed by atoms with van der Waals surface area (Å²) in [6.07, 6.45) is 1.71. The summed E-state index contributed by atoms with van der Waals surface area (Å²) < 4.78 is 1.84. The van der Waals surface area contributed by atoms with Crippen molar-refractivity contribution in [2.75, 3.05) is 11.1 Å². The second kappa shape index (κ2) is 12.6. The zero-order chi connectivity index (χ0) is 26.4. The quantitative estimate of drug-likeness (QED) is 0.213. The molecule has 1 heterocycles. The molecule has 3 aromatic rings. The zero-order valence-electron chi connectivity index (χ0n) is 20.0. The number of hydrogen-bond donors (Lipinski definition) is 2. The number of halogens is 3. The molecule has 0 saturated heterocycles. The molecule has 1 atom stereocenters. The van der Waals surface area contributed by atoms with Crippen LogP contribution >= 0.6 is 46.6 Å². The number of allylic oxidation sites excluding steroid dienone is 1. The van der Waals surface area contributed by atoms with Crippen LogP contribution in [0.4, 0.5) is 5.69 Å². The maximum atomic E-state index is 13.0. The van der Waals surface area contributed by atoms with E-state index >= 15 is 0 Å². The fraction of sp³-hybridized carbons (Fsp3) is 0.280. The monoisotopic (exact) mass is 565 g/mol. The normalized spacial score (nSPS) is 11.9. The molecule has 2 N–H and O–H groups in total. The van der Waals surface area contributed by atoms with E-state index in [-0.39, 0.29) is 28.5 Å². The number of rotatable bonds is 10. The number of carbonyl (C=O) groups excluding carboxylic acids is 2. The van der Waals surface area contributed by atoms with Gasteiger partial charge in [0.2, 0.25) is 5.91 Å². The van der Waals surface area contributed by atoms with Gasteiger partial charge in [0.15, 0.2) is 11.0 Å². The Morgan fingerprint density at radius 2 is 1.81 bits per heavy atom. The van der Waals surface area contributed by atoms with Gasteiger partial charge in [-0.1, -0.05) is 72.6 Å². The number of carbonyl (C=O) groups is 2.